The van der Waals surface area contributed by atoms with Crippen LogP contribution in [0.15, 0.2) is 12.1 Å². The quantitative estimate of drug-likeness (QED) is 0.707. The SMILES string of the molecule is C[C@H](Oc1cc(Oc2c(C=O)c(C3CC3)nn2C)c(Cl)cc1Cl)C(=O)O. The number of aldehydes is 1. The molecule has 0 aliphatic heterocycles. The molecule has 1 N–H and O–H groups in total. The summed E-state index contributed by atoms with van der Waals surface area (Å²) in [6.07, 6.45) is 1.59. The van der Waals surface area contributed by atoms with Gasteiger partial charge in [0.25, 0.3) is 0 Å². The van der Waals surface area contributed by atoms with E-state index in [-0.39, 0.29) is 33.3 Å². The first kappa shape index (κ1) is 18.5. The molecule has 9 heteroatoms. The van der Waals surface area contributed by atoms with Gasteiger partial charge < -0.3 is 14.6 Å². The third-order valence-corrected chi connectivity index (χ3v) is 4.58. The first-order valence-corrected chi connectivity index (χ1v) is 8.65. The van der Waals surface area contributed by atoms with E-state index in [0.29, 0.717) is 17.5 Å². The second kappa shape index (κ2) is 7.17. The van der Waals surface area contributed by atoms with Crippen molar-refractivity contribution in [3.63, 3.8) is 0 Å². The molecule has 1 saturated carbocycles. The number of hydrogen-bond acceptors (Lipinski definition) is 5. The monoisotopic (exact) mass is 398 g/mol. The Bertz CT molecular complexity index is 877. The van der Waals surface area contributed by atoms with Gasteiger partial charge in [0.2, 0.25) is 5.88 Å². The largest absolute Gasteiger partial charge is 0.479 e. The molecule has 138 valence electrons. The molecule has 0 radical (unpaired) electrons. The Morgan fingerprint density at radius 2 is 2.00 bits per heavy atom. The molecule has 1 aliphatic carbocycles. The summed E-state index contributed by atoms with van der Waals surface area (Å²) >= 11 is 12.2. The number of carbonyl (C=O) groups excluding carboxylic acids is 1. The van der Waals surface area contributed by atoms with Gasteiger partial charge in [-0.2, -0.15) is 5.10 Å². The summed E-state index contributed by atoms with van der Waals surface area (Å²) in [4.78, 5) is 22.5. The fourth-order valence-corrected chi connectivity index (χ4v) is 2.93. The average Bonchev–Trinajstić information content (AvgIpc) is 3.37. The van der Waals surface area contributed by atoms with Crippen molar-refractivity contribution < 1.29 is 24.2 Å². The predicted octanol–water partition coefficient (Wildman–Crippen LogP) is 4.06. The molecule has 1 heterocycles. The predicted molar refractivity (Wildman–Crippen MR) is 94.8 cm³/mol. The fraction of sp³-hybridized carbons (Fsp3) is 0.353. The number of benzene rings is 1. The highest BCUT2D eigenvalue weighted by atomic mass is 35.5. The lowest BCUT2D eigenvalue weighted by atomic mass is 10.2. The van der Waals surface area contributed by atoms with Crippen LogP contribution in [0.5, 0.6) is 17.4 Å². The van der Waals surface area contributed by atoms with Crippen LogP contribution in [0.25, 0.3) is 0 Å². The number of carboxylic acid groups (broad SMARTS) is 1. The Balaban J connectivity index is 1.95. The number of halogens is 2. The molecule has 1 aromatic heterocycles. The molecule has 7 nitrogen and oxygen atoms in total. The molecule has 3 rings (SSSR count). The molecule has 0 saturated heterocycles. The molecular weight excluding hydrogens is 383 g/mol. The Hall–Kier alpha value is -2.25. The van der Waals surface area contributed by atoms with Gasteiger partial charge in [-0.25, -0.2) is 9.48 Å². The molecule has 0 bridgehead atoms. The topological polar surface area (TPSA) is 90.7 Å². The van der Waals surface area contributed by atoms with E-state index in [2.05, 4.69) is 5.10 Å². The van der Waals surface area contributed by atoms with E-state index in [1.165, 1.54) is 23.7 Å². The summed E-state index contributed by atoms with van der Waals surface area (Å²) in [5.74, 6) is -0.323. The third-order valence-electron chi connectivity index (χ3n) is 3.98. The number of aryl methyl sites for hydroxylation is 1. The number of carbonyl (C=O) groups is 2. The van der Waals surface area contributed by atoms with Crippen molar-refractivity contribution in [2.45, 2.75) is 31.8 Å². The maximum atomic E-state index is 11.5. The van der Waals surface area contributed by atoms with Crippen LogP contribution in [0.4, 0.5) is 0 Å². The maximum Gasteiger partial charge on any atom is 0.344 e. The van der Waals surface area contributed by atoms with Gasteiger partial charge in [-0.05, 0) is 25.8 Å². The second-order valence-electron chi connectivity index (χ2n) is 6.03. The molecular formula is C17H16Cl2N2O5. The van der Waals surface area contributed by atoms with Crippen molar-refractivity contribution in [2.75, 3.05) is 0 Å². The van der Waals surface area contributed by atoms with Gasteiger partial charge in [-0.1, -0.05) is 23.2 Å². The van der Waals surface area contributed by atoms with Gasteiger partial charge >= 0.3 is 5.97 Å². The normalized spacial score (nSPS) is 14.8. The highest BCUT2D eigenvalue weighted by Crippen LogP contribution is 2.44. The van der Waals surface area contributed by atoms with Crippen molar-refractivity contribution in [3.8, 4) is 17.4 Å². The molecule has 0 unspecified atom stereocenters. The Labute approximate surface area is 159 Å². The van der Waals surface area contributed by atoms with Crippen LogP contribution in [0, 0.1) is 0 Å². The van der Waals surface area contributed by atoms with Crippen molar-refractivity contribution >= 4 is 35.5 Å². The molecule has 26 heavy (non-hydrogen) atoms. The van der Waals surface area contributed by atoms with E-state index >= 15 is 0 Å². The summed E-state index contributed by atoms with van der Waals surface area (Å²) in [5.41, 5.74) is 1.08. The highest BCUT2D eigenvalue weighted by Gasteiger charge is 2.32. The lowest BCUT2D eigenvalue weighted by molar-refractivity contribution is -0.144. The first-order valence-electron chi connectivity index (χ1n) is 7.90. The molecule has 2 aromatic rings. The van der Waals surface area contributed by atoms with Crippen LogP contribution in [0.1, 0.15) is 41.7 Å². The standard InChI is InChI=1S/C17H16Cl2N2O5/c1-8(17(23)24)25-13-6-14(12(19)5-11(13)18)26-16-10(7-22)15(9-3-4-9)20-21(16)2/h5-9H,3-4H2,1-2H3,(H,23,24)/t8-/m0/s1. The Morgan fingerprint density at radius 1 is 1.35 bits per heavy atom. The first-order chi connectivity index (χ1) is 12.3. The zero-order chi connectivity index (χ0) is 19.0. The Kier molecular flexibility index (Phi) is 5.11. The van der Waals surface area contributed by atoms with E-state index in [4.69, 9.17) is 37.8 Å². The van der Waals surface area contributed by atoms with Crippen molar-refractivity contribution in [1.29, 1.82) is 0 Å². The van der Waals surface area contributed by atoms with E-state index in [9.17, 15) is 9.59 Å². The third kappa shape index (κ3) is 3.64. The summed E-state index contributed by atoms with van der Waals surface area (Å²) in [7, 11) is 1.67. The molecule has 1 fully saturated rings. The highest BCUT2D eigenvalue weighted by molar-refractivity contribution is 6.36. The van der Waals surface area contributed by atoms with E-state index < -0.39 is 12.1 Å². The minimum Gasteiger partial charge on any atom is -0.479 e. The summed E-state index contributed by atoms with van der Waals surface area (Å²) in [6.45, 7) is 1.38. The van der Waals surface area contributed by atoms with Crippen LogP contribution >= 0.6 is 23.2 Å². The zero-order valence-corrected chi connectivity index (χ0v) is 15.5. The number of hydrogen-bond donors (Lipinski definition) is 1. The van der Waals surface area contributed by atoms with E-state index in [0.717, 1.165) is 12.8 Å². The number of aromatic nitrogens is 2. The van der Waals surface area contributed by atoms with Gasteiger partial charge in [-0.15, -0.1) is 0 Å². The lowest BCUT2D eigenvalue weighted by Gasteiger charge is -2.15. The zero-order valence-electron chi connectivity index (χ0n) is 14.0. The van der Waals surface area contributed by atoms with Crippen molar-refractivity contribution in [2.24, 2.45) is 7.05 Å². The molecule has 1 aromatic carbocycles. The number of carboxylic acids is 1. The maximum absolute atomic E-state index is 11.5. The molecule has 0 spiro atoms. The summed E-state index contributed by atoms with van der Waals surface area (Å²) < 4.78 is 12.6. The second-order valence-corrected chi connectivity index (χ2v) is 6.85. The van der Waals surface area contributed by atoms with E-state index in [1.807, 2.05) is 0 Å². The van der Waals surface area contributed by atoms with Crippen LogP contribution in [0.3, 0.4) is 0 Å². The van der Waals surface area contributed by atoms with Gasteiger partial charge in [0.1, 0.15) is 11.3 Å². The van der Waals surface area contributed by atoms with Gasteiger partial charge in [0.15, 0.2) is 18.1 Å². The lowest BCUT2D eigenvalue weighted by Crippen LogP contribution is -2.23. The Morgan fingerprint density at radius 3 is 2.58 bits per heavy atom. The number of aliphatic carboxylic acids is 1. The van der Waals surface area contributed by atoms with Crippen LogP contribution in [-0.4, -0.2) is 33.2 Å². The van der Waals surface area contributed by atoms with Gasteiger partial charge in [0.05, 0.1) is 15.7 Å². The fourth-order valence-electron chi connectivity index (χ4n) is 2.46. The van der Waals surface area contributed by atoms with Gasteiger partial charge in [0, 0.05) is 19.0 Å². The van der Waals surface area contributed by atoms with Crippen LogP contribution in [-0.2, 0) is 11.8 Å². The van der Waals surface area contributed by atoms with Crippen LogP contribution in [0.2, 0.25) is 10.0 Å². The van der Waals surface area contributed by atoms with Crippen molar-refractivity contribution in [1.82, 2.24) is 9.78 Å². The smallest absolute Gasteiger partial charge is 0.344 e. The average molecular weight is 399 g/mol. The number of rotatable bonds is 7. The molecule has 0 amide bonds. The number of nitrogens with zero attached hydrogens (tertiary/aromatic N) is 2. The van der Waals surface area contributed by atoms with E-state index in [1.54, 1.807) is 7.05 Å². The number of ether oxygens (including phenoxy) is 2. The molecule has 1 aliphatic rings. The summed E-state index contributed by atoms with van der Waals surface area (Å²) in [5, 5.41) is 13.7. The van der Waals surface area contributed by atoms with Gasteiger partial charge in [-0.3, -0.25) is 4.79 Å². The summed E-state index contributed by atoms with van der Waals surface area (Å²) in [6, 6.07) is 2.78. The molecule has 1 atom stereocenters. The van der Waals surface area contributed by atoms with Crippen LogP contribution < -0.4 is 9.47 Å². The van der Waals surface area contributed by atoms with Crippen molar-refractivity contribution in [3.05, 3.63) is 33.4 Å². The minimum absolute atomic E-state index is 0.109. The minimum atomic E-state index is -1.14.